The average molecular weight is 687 g/mol. The minimum atomic E-state index is -0.0753. The first-order valence-electron chi connectivity index (χ1n) is 11.6. The first-order chi connectivity index (χ1) is 19.0. The molecule has 0 fully saturated rings. The minimum absolute atomic E-state index is 0. The Hall–Kier alpha value is -4.45. The number of phenols is 3. The van der Waals surface area contributed by atoms with E-state index in [1.54, 1.807) is 54.6 Å². The molecule has 40 heavy (non-hydrogen) atoms. The van der Waals surface area contributed by atoms with E-state index in [-0.39, 0.29) is 71.6 Å². The Kier molecular flexibility index (Phi) is 10.6. The zero-order valence-corrected chi connectivity index (χ0v) is 22.4. The summed E-state index contributed by atoms with van der Waals surface area (Å²) in [6, 6.07) is 31.5. The van der Waals surface area contributed by atoms with Gasteiger partial charge in [0.05, 0.1) is 0 Å². The first-order valence-corrected chi connectivity index (χ1v) is 11.6. The molecular formula is C30H21ErN3O6. The molecule has 0 aliphatic heterocycles. The zero-order valence-electron chi connectivity index (χ0n) is 20.6. The normalized spacial score (nSPS) is 9.90. The van der Waals surface area contributed by atoms with E-state index in [4.69, 9.17) is 0 Å². The molecule has 0 amide bonds. The fraction of sp³-hybridized carbons (Fsp3) is 0. The van der Waals surface area contributed by atoms with Crippen molar-refractivity contribution >= 4 is 49.4 Å². The van der Waals surface area contributed by atoms with Crippen LogP contribution in [0.2, 0.25) is 0 Å². The maximum atomic E-state index is 10.4. The van der Waals surface area contributed by atoms with Crippen LogP contribution in [-0.2, 0) is 0 Å². The van der Waals surface area contributed by atoms with Crippen LogP contribution in [0.4, 0.5) is 17.1 Å². The molecule has 0 aromatic heterocycles. The van der Waals surface area contributed by atoms with Gasteiger partial charge in [0, 0.05) is 53.5 Å². The Morgan fingerprint density at radius 1 is 0.375 bits per heavy atom. The van der Waals surface area contributed by atoms with Crippen LogP contribution in [0.25, 0.3) is 32.3 Å². The fourth-order valence-corrected chi connectivity index (χ4v) is 4.02. The summed E-state index contributed by atoms with van der Waals surface area (Å²) in [5.41, 5.74) is 0.328. The van der Waals surface area contributed by atoms with Crippen LogP contribution in [0.3, 0.4) is 0 Å². The maximum absolute atomic E-state index is 10.4. The third kappa shape index (κ3) is 6.57. The number of phenolic OH excluding ortho intramolecular Hbond substituents is 3. The van der Waals surface area contributed by atoms with Crippen molar-refractivity contribution in [3.05, 3.63) is 124 Å². The van der Waals surface area contributed by atoms with E-state index in [2.05, 4.69) is 15.5 Å². The standard InChI is InChI=1S/3C10H7NO2.Er/c3*12-9-6-5-7-3-1-2-4-8(7)10(9)11-13;/h3*1-6,12H;. The molecule has 0 saturated carbocycles. The summed E-state index contributed by atoms with van der Waals surface area (Å²) in [5, 5.41) is 41.1. The van der Waals surface area contributed by atoms with Gasteiger partial charge >= 0.3 is 0 Å². The van der Waals surface area contributed by atoms with Crippen molar-refractivity contribution in [2.45, 2.75) is 0 Å². The number of nitrogens with zero attached hydrogens (tertiary/aromatic N) is 3. The summed E-state index contributed by atoms with van der Waals surface area (Å²) in [6.45, 7) is 0. The molecule has 0 spiro atoms. The summed E-state index contributed by atoms with van der Waals surface area (Å²) in [5.74, 6) is -0.226. The Labute approximate surface area is 257 Å². The van der Waals surface area contributed by atoms with Crippen LogP contribution < -0.4 is 0 Å². The van der Waals surface area contributed by atoms with Crippen LogP contribution in [0.15, 0.2) is 125 Å². The van der Waals surface area contributed by atoms with E-state index in [1.807, 2.05) is 36.4 Å². The van der Waals surface area contributed by atoms with Crippen molar-refractivity contribution < 1.29 is 52.6 Å². The van der Waals surface area contributed by atoms with Crippen molar-refractivity contribution in [3.63, 3.8) is 0 Å². The molecular weight excluding hydrogens is 666 g/mol. The summed E-state index contributed by atoms with van der Waals surface area (Å²) in [7, 11) is 0. The molecule has 9 nitrogen and oxygen atoms in total. The molecule has 204 valence electrons. The van der Waals surface area contributed by atoms with Gasteiger partial charge in [-0.3, -0.25) is 0 Å². The van der Waals surface area contributed by atoms with Gasteiger partial charge in [0.1, 0.15) is 17.2 Å². The Balaban J connectivity index is 0.000000163. The van der Waals surface area contributed by atoms with E-state index in [0.29, 0.717) is 16.2 Å². The number of benzene rings is 6. The molecule has 3 N–H and O–H groups in total. The molecule has 6 aromatic rings. The van der Waals surface area contributed by atoms with Crippen molar-refractivity contribution in [2.75, 3.05) is 0 Å². The molecule has 10 heteroatoms. The molecule has 6 rings (SSSR count). The Bertz CT molecular complexity index is 1620. The van der Waals surface area contributed by atoms with Gasteiger partial charge in [0.2, 0.25) is 0 Å². The van der Waals surface area contributed by atoms with Gasteiger partial charge in [-0.2, -0.15) is 0 Å². The van der Waals surface area contributed by atoms with Crippen LogP contribution in [0.1, 0.15) is 0 Å². The number of hydrogen-bond acceptors (Lipinski definition) is 9. The van der Waals surface area contributed by atoms with Crippen molar-refractivity contribution in [1.82, 2.24) is 0 Å². The smallest absolute Gasteiger partial charge is 0.157 e. The van der Waals surface area contributed by atoms with Crippen LogP contribution >= 0.6 is 0 Å². The zero-order chi connectivity index (χ0) is 27.8. The van der Waals surface area contributed by atoms with E-state index in [1.165, 1.54) is 18.2 Å². The number of aromatic hydroxyl groups is 3. The molecule has 0 radical (unpaired) electrons. The maximum Gasteiger partial charge on any atom is 0.157 e. The Morgan fingerprint density at radius 3 is 0.875 bits per heavy atom. The molecule has 0 bridgehead atoms. The number of hydrogen-bond donors (Lipinski definition) is 3. The van der Waals surface area contributed by atoms with Crippen LogP contribution in [0, 0.1) is 52.0 Å². The third-order valence-electron chi connectivity index (χ3n) is 5.91. The summed E-state index contributed by atoms with van der Waals surface area (Å²) < 4.78 is 0. The predicted octanol–water partition coefficient (Wildman–Crippen LogP) is 8.83. The topological polar surface area (TPSA) is 149 Å². The van der Waals surface area contributed by atoms with Gasteiger partial charge in [-0.25, -0.2) is 0 Å². The predicted molar refractivity (Wildman–Crippen MR) is 153 cm³/mol. The minimum Gasteiger partial charge on any atom is -0.506 e. The molecule has 0 atom stereocenters. The van der Waals surface area contributed by atoms with E-state index in [9.17, 15) is 30.0 Å². The van der Waals surface area contributed by atoms with Gasteiger partial charge < -0.3 is 15.3 Å². The van der Waals surface area contributed by atoms with Gasteiger partial charge in [-0.05, 0) is 49.9 Å². The van der Waals surface area contributed by atoms with Gasteiger partial charge in [-0.15, -0.1) is 14.7 Å². The average Bonchev–Trinajstić information content (AvgIpc) is 2.98. The second kappa shape index (κ2) is 14.1. The molecule has 0 aliphatic carbocycles. The SMILES string of the molecule is O=Nc1c(O)ccc2ccccc12.O=Nc1c(O)ccc2ccccc12.O=Nc1c(O)ccc2ccccc12.[Er]. The largest absolute Gasteiger partial charge is 0.506 e. The number of fused-ring (bicyclic) bond motifs is 3. The number of rotatable bonds is 3. The van der Waals surface area contributed by atoms with E-state index >= 15 is 0 Å². The molecule has 0 unspecified atom stereocenters. The summed E-state index contributed by atoms with van der Waals surface area (Å²) >= 11 is 0. The monoisotopic (exact) mass is 685 g/mol. The summed E-state index contributed by atoms with van der Waals surface area (Å²) in [4.78, 5) is 31.3. The second-order valence-electron chi connectivity index (χ2n) is 8.24. The quantitative estimate of drug-likeness (QED) is 0.158. The van der Waals surface area contributed by atoms with Crippen molar-refractivity contribution in [1.29, 1.82) is 0 Å². The fourth-order valence-electron chi connectivity index (χ4n) is 4.02. The molecule has 6 aromatic carbocycles. The first kappa shape index (κ1) is 30.1. The number of nitroso groups, excluding NO2 is 3. The van der Waals surface area contributed by atoms with Crippen molar-refractivity contribution in [2.24, 2.45) is 15.5 Å². The van der Waals surface area contributed by atoms with E-state index in [0.717, 1.165) is 16.2 Å². The van der Waals surface area contributed by atoms with Crippen LogP contribution in [0.5, 0.6) is 17.2 Å². The molecule has 0 aliphatic rings. The van der Waals surface area contributed by atoms with Gasteiger partial charge in [0.25, 0.3) is 0 Å². The molecule has 0 heterocycles. The summed E-state index contributed by atoms with van der Waals surface area (Å²) in [6.07, 6.45) is 0. The van der Waals surface area contributed by atoms with Gasteiger partial charge in [-0.1, -0.05) is 91.0 Å². The van der Waals surface area contributed by atoms with Crippen molar-refractivity contribution in [3.8, 4) is 17.2 Å². The second-order valence-corrected chi connectivity index (χ2v) is 8.24. The van der Waals surface area contributed by atoms with Gasteiger partial charge in [0.15, 0.2) is 17.1 Å². The Morgan fingerprint density at radius 2 is 0.625 bits per heavy atom. The van der Waals surface area contributed by atoms with Crippen LogP contribution in [-0.4, -0.2) is 15.3 Å². The van der Waals surface area contributed by atoms with E-state index < -0.39 is 0 Å². The molecule has 0 saturated heterocycles. The third-order valence-corrected chi connectivity index (χ3v) is 5.91.